The summed E-state index contributed by atoms with van der Waals surface area (Å²) in [5, 5.41) is 15.7. The highest BCUT2D eigenvalue weighted by molar-refractivity contribution is 5.68. The van der Waals surface area contributed by atoms with E-state index in [1.807, 2.05) is 0 Å². The first-order valence-electron chi connectivity index (χ1n) is 4.81. The fraction of sp³-hybridized carbons (Fsp3) is 0.667. The van der Waals surface area contributed by atoms with Crippen molar-refractivity contribution in [2.24, 2.45) is 0 Å². The molecule has 8 nitrogen and oxygen atoms in total. The van der Waals surface area contributed by atoms with Gasteiger partial charge in [-0.1, -0.05) is 6.92 Å². The molecule has 0 aromatic carbocycles. The molecular formula is C9H16O8. The largest absolute Gasteiger partial charge is 0.505 e. The quantitative estimate of drug-likeness (QED) is 0.427. The molecule has 0 unspecified atom stereocenters. The van der Waals surface area contributed by atoms with E-state index in [1.54, 1.807) is 13.8 Å². The van der Waals surface area contributed by atoms with Gasteiger partial charge in [0.25, 0.3) is 0 Å². The monoisotopic (exact) mass is 252 g/mol. The van der Waals surface area contributed by atoms with Crippen LogP contribution in [0, 0.1) is 0 Å². The first-order chi connectivity index (χ1) is 7.93. The zero-order chi connectivity index (χ0) is 13.7. The van der Waals surface area contributed by atoms with E-state index in [0.717, 1.165) is 0 Å². The van der Waals surface area contributed by atoms with Crippen LogP contribution in [-0.2, 0) is 19.0 Å². The molecule has 0 aromatic rings. The summed E-state index contributed by atoms with van der Waals surface area (Å²) in [6.45, 7) is 3.52. The van der Waals surface area contributed by atoms with E-state index in [0.29, 0.717) is 13.0 Å². The zero-order valence-corrected chi connectivity index (χ0v) is 9.67. The van der Waals surface area contributed by atoms with E-state index in [2.05, 4.69) is 14.2 Å². The lowest BCUT2D eigenvalue weighted by Gasteiger charge is -1.98. The molecular weight excluding hydrogens is 236 g/mol. The maximum Gasteiger partial charge on any atom is 0.505 e. The lowest BCUT2D eigenvalue weighted by molar-refractivity contribution is -0.142. The Kier molecular flexibility index (Phi) is 12.4. The molecule has 100 valence electrons. The Morgan fingerprint density at radius 3 is 1.47 bits per heavy atom. The number of esters is 1. The molecule has 0 bridgehead atoms. The van der Waals surface area contributed by atoms with Crippen molar-refractivity contribution in [2.75, 3.05) is 19.8 Å². The van der Waals surface area contributed by atoms with Crippen LogP contribution in [0.25, 0.3) is 0 Å². The standard InChI is InChI=1S/C5H10O2.C4H6O6/c1-3-5(6)7-4-2;5-3(6)9-1-2-10-4(7)8/h3-4H2,1-2H3;1-2H2,(H,5,6)(H,7,8). The molecule has 0 aliphatic rings. The summed E-state index contributed by atoms with van der Waals surface area (Å²) in [7, 11) is 0. The van der Waals surface area contributed by atoms with Crippen molar-refractivity contribution in [3.05, 3.63) is 0 Å². The van der Waals surface area contributed by atoms with Gasteiger partial charge in [0.1, 0.15) is 13.2 Å². The second kappa shape index (κ2) is 12.1. The first-order valence-corrected chi connectivity index (χ1v) is 4.81. The predicted molar refractivity (Wildman–Crippen MR) is 54.9 cm³/mol. The molecule has 0 amide bonds. The molecule has 0 aromatic heterocycles. The average molecular weight is 252 g/mol. The number of ether oxygens (including phenoxy) is 3. The highest BCUT2D eigenvalue weighted by Gasteiger charge is 1.98. The molecule has 2 N–H and O–H groups in total. The minimum Gasteiger partial charge on any atom is -0.466 e. The lowest BCUT2D eigenvalue weighted by Crippen LogP contribution is -2.10. The van der Waals surface area contributed by atoms with Crippen molar-refractivity contribution in [3.8, 4) is 0 Å². The summed E-state index contributed by atoms with van der Waals surface area (Å²) >= 11 is 0. The van der Waals surface area contributed by atoms with Gasteiger partial charge in [-0.05, 0) is 6.92 Å². The molecule has 17 heavy (non-hydrogen) atoms. The van der Waals surface area contributed by atoms with Gasteiger partial charge in [0.2, 0.25) is 0 Å². The fourth-order valence-electron chi connectivity index (χ4n) is 0.521. The summed E-state index contributed by atoms with van der Waals surface area (Å²) in [4.78, 5) is 29.4. The highest BCUT2D eigenvalue weighted by atomic mass is 16.7. The van der Waals surface area contributed by atoms with Gasteiger partial charge in [-0.2, -0.15) is 0 Å². The summed E-state index contributed by atoms with van der Waals surface area (Å²) < 4.78 is 12.4. The van der Waals surface area contributed by atoms with Crippen LogP contribution in [0.15, 0.2) is 0 Å². The van der Waals surface area contributed by atoms with Gasteiger partial charge in [0.15, 0.2) is 0 Å². The number of carboxylic acid groups (broad SMARTS) is 2. The normalized spacial score (nSPS) is 8.35. The maximum atomic E-state index is 10.2. The maximum absolute atomic E-state index is 10.2. The van der Waals surface area contributed by atoms with Crippen LogP contribution < -0.4 is 0 Å². The Bertz CT molecular complexity index is 221. The predicted octanol–water partition coefficient (Wildman–Crippen LogP) is 1.34. The molecule has 0 saturated heterocycles. The summed E-state index contributed by atoms with van der Waals surface area (Å²) in [5.74, 6) is -0.123. The van der Waals surface area contributed by atoms with Gasteiger partial charge in [0, 0.05) is 6.42 Å². The van der Waals surface area contributed by atoms with Crippen LogP contribution in [0.1, 0.15) is 20.3 Å². The Morgan fingerprint density at radius 1 is 0.882 bits per heavy atom. The topological polar surface area (TPSA) is 119 Å². The first kappa shape index (κ1) is 17.4. The Morgan fingerprint density at radius 2 is 1.29 bits per heavy atom. The summed E-state index contributed by atoms with van der Waals surface area (Å²) in [5.41, 5.74) is 0. The van der Waals surface area contributed by atoms with Gasteiger partial charge in [0.05, 0.1) is 6.61 Å². The van der Waals surface area contributed by atoms with Crippen LogP contribution in [0.5, 0.6) is 0 Å². The molecule has 0 radical (unpaired) electrons. The van der Waals surface area contributed by atoms with Crippen LogP contribution in [0.4, 0.5) is 9.59 Å². The molecule has 0 heterocycles. The van der Waals surface area contributed by atoms with E-state index in [9.17, 15) is 14.4 Å². The molecule has 0 spiro atoms. The van der Waals surface area contributed by atoms with Crippen molar-refractivity contribution in [2.45, 2.75) is 20.3 Å². The summed E-state index contributed by atoms with van der Waals surface area (Å²) in [6.07, 6.45) is -2.42. The van der Waals surface area contributed by atoms with Gasteiger partial charge in [-0.25, -0.2) is 9.59 Å². The van der Waals surface area contributed by atoms with Crippen molar-refractivity contribution in [1.29, 1.82) is 0 Å². The van der Waals surface area contributed by atoms with E-state index in [-0.39, 0.29) is 19.2 Å². The van der Waals surface area contributed by atoms with Crippen LogP contribution in [-0.4, -0.2) is 48.3 Å². The number of hydrogen-bond donors (Lipinski definition) is 2. The van der Waals surface area contributed by atoms with E-state index in [4.69, 9.17) is 10.2 Å². The molecule has 0 aliphatic heterocycles. The van der Waals surface area contributed by atoms with Gasteiger partial charge in [-0.3, -0.25) is 4.79 Å². The number of carbonyl (C=O) groups is 3. The Hall–Kier alpha value is -1.99. The smallest absolute Gasteiger partial charge is 0.466 e. The van der Waals surface area contributed by atoms with Crippen molar-refractivity contribution in [3.63, 3.8) is 0 Å². The Labute approximate surface area is 98.1 Å². The highest BCUT2D eigenvalue weighted by Crippen LogP contribution is 1.81. The van der Waals surface area contributed by atoms with Crippen molar-refractivity contribution in [1.82, 2.24) is 0 Å². The zero-order valence-electron chi connectivity index (χ0n) is 9.67. The number of hydrogen-bond acceptors (Lipinski definition) is 6. The second-order valence-corrected chi connectivity index (χ2v) is 2.39. The average Bonchev–Trinajstić information content (AvgIpc) is 2.25. The number of rotatable bonds is 5. The van der Waals surface area contributed by atoms with E-state index >= 15 is 0 Å². The second-order valence-electron chi connectivity index (χ2n) is 2.39. The third-order valence-electron chi connectivity index (χ3n) is 1.13. The minimum absolute atomic E-state index is 0.123. The van der Waals surface area contributed by atoms with Gasteiger partial charge < -0.3 is 24.4 Å². The molecule has 0 saturated carbocycles. The van der Waals surface area contributed by atoms with Crippen LogP contribution in [0.2, 0.25) is 0 Å². The fourth-order valence-corrected chi connectivity index (χ4v) is 0.521. The Balaban J connectivity index is 0. The van der Waals surface area contributed by atoms with E-state index in [1.165, 1.54) is 0 Å². The SMILES string of the molecule is CCOC(=O)CC.O=C(O)OCCOC(=O)O. The minimum atomic E-state index is -1.45. The van der Waals surface area contributed by atoms with Gasteiger partial charge in [-0.15, -0.1) is 0 Å². The van der Waals surface area contributed by atoms with Crippen LogP contribution in [0.3, 0.4) is 0 Å². The lowest BCUT2D eigenvalue weighted by atomic mass is 10.5. The summed E-state index contributed by atoms with van der Waals surface area (Å²) in [6, 6.07) is 0. The molecule has 0 fully saturated rings. The third kappa shape index (κ3) is 20.2. The van der Waals surface area contributed by atoms with Crippen LogP contribution >= 0.6 is 0 Å². The van der Waals surface area contributed by atoms with E-state index < -0.39 is 12.3 Å². The molecule has 0 atom stereocenters. The third-order valence-corrected chi connectivity index (χ3v) is 1.13. The van der Waals surface area contributed by atoms with Crippen molar-refractivity contribution < 1.29 is 38.8 Å². The molecule has 8 heteroatoms. The number of carbonyl (C=O) groups excluding carboxylic acids is 1. The van der Waals surface area contributed by atoms with Gasteiger partial charge >= 0.3 is 18.3 Å². The van der Waals surface area contributed by atoms with Crippen molar-refractivity contribution >= 4 is 18.3 Å². The molecule has 0 aliphatic carbocycles. The molecule has 0 rings (SSSR count).